The average Bonchev–Trinajstić information content (AvgIpc) is 3.04. The molecule has 0 aromatic heterocycles. The molecule has 2 amide bonds. The van der Waals surface area contributed by atoms with Gasteiger partial charge in [0.25, 0.3) is 0 Å². The number of amides is 2. The van der Waals surface area contributed by atoms with Gasteiger partial charge in [-0.25, -0.2) is 0 Å². The van der Waals surface area contributed by atoms with Crippen molar-refractivity contribution in [2.75, 3.05) is 26.4 Å². The number of para-hydroxylation sites is 1. The first kappa shape index (κ1) is 21.7. The molecule has 1 saturated carbocycles. The van der Waals surface area contributed by atoms with Crippen LogP contribution in [0.1, 0.15) is 63.4 Å². The van der Waals surface area contributed by atoms with E-state index >= 15 is 0 Å². The summed E-state index contributed by atoms with van der Waals surface area (Å²) in [6.07, 6.45) is 6.06. The number of nitrogens with one attached hydrogen (secondary N) is 1. The van der Waals surface area contributed by atoms with Gasteiger partial charge in [0.05, 0.1) is 37.5 Å². The first-order valence-corrected chi connectivity index (χ1v) is 12.1. The Labute approximate surface area is 189 Å². The minimum Gasteiger partial charge on any atom is -0.493 e. The fraction of sp³-hybridized carbons (Fsp3) is 0.680. The lowest BCUT2D eigenvalue weighted by Crippen LogP contribution is -2.65. The predicted octanol–water partition coefficient (Wildman–Crippen LogP) is 2.78. The van der Waals surface area contributed by atoms with Crippen LogP contribution in [0.4, 0.5) is 0 Å². The highest BCUT2D eigenvalue weighted by Crippen LogP contribution is 2.40. The number of nitrogens with zero attached hydrogens (tertiary/aromatic N) is 1. The second-order valence-corrected chi connectivity index (χ2v) is 9.86. The Morgan fingerprint density at radius 1 is 1.12 bits per heavy atom. The summed E-state index contributed by atoms with van der Waals surface area (Å²) >= 11 is 0. The molecule has 7 nitrogen and oxygen atoms in total. The van der Waals surface area contributed by atoms with Gasteiger partial charge in [-0.2, -0.15) is 0 Å². The van der Waals surface area contributed by atoms with Crippen molar-refractivity contribution in [3.63, 3.8) is 0 Å². The fourth-order valence-corrected chi connectivity index (χ4v) is 6.21. The van der Waals surface area contributed by atoms with E-state index in [0.29, 0.717) is 45.0 Å². The predicted molar refractivity (Wildman–Crippen MR) is 119 cm³/mol. The van der Waals surface area contributed by atoms with Gasteiger partial charge in [-0.15, -0.1) is 0 Å². The molecule has 3 fully saturated rings. The van der Waals surface area contributed by atoms with Crippen LogP contribution in [0, 0.1) is 0 Å². The molecule has 2 saturated heterocycles. The molecule has 1 aliphatic carbocycles. The molecule has 0 radical (unpaired) electrons. The van der Waals surface area contributed by atoms with E-state index in [9.17, 15) is 9.59 Å². The molecule has 1 N–H and O–H groups in total. The Morgan fingerprint density at radius 3 is 2.75 bits per heavy atom. The van der Waals surface area contributed by atoms with Gasteiger partial charge in [0.15, 0.2) is 0 Å². The molecule has 4 heterocycles. The molecule has 2 bridgehead atoms. The van der Waals surface area contributed by atoms with Crippen LogP contribution in [0.2, 0.25) is 0 Å². The van der Waals surface area contributed by atoms with Gasteiger partial charge in [0, 0.05) is 12.5 Å². The number of hydrogen-bond acceptors (Lipinski definition) is 5. The summed E-state index contributed by atoms with van der Waals surface area (Å²) in [6, 6.07) is 8.13. The zero-order valence-corrected chi connectivity index (χ0v) is 18.9. The van der Waals surface area contributed by atoms with Crippen LogP contribution in [-0.4, -0.2) is 66.9 Å². The summed E-state index contributed by atoms with van der Waals surface area (Å²) in [6.45, 7) is 3.52. The Kier molecular flexibility index (Phi) is 6.12. The van der Waals surface area contributed by atoms with Gasteiger partial charge in [0.2, 0.25) is 11.8 Å². The van der Waals surface area contributed by atoms with Crippen molar-refractivity contribution in [3.05, 3.63) is 29.8 Å². The van der Waals surface area contributed by atoms with Crippen molar-refractivity contribution in [1.82, 2.24) is 10.2 Å². The van der Waals surface area contributed by atoms with Crippen LogP contribution in [0.25, 0.3) is 0 Å². The van der Waals surface area contributed by atoms with E-state index in [0.717, 1.165) is 31.4 Å². The minimum atomic E-state index is -0.567. The molecule has 7 heteroatoms. The van der Waals surface area contributed by atoms with E-state index in [4.69, 9.17) is 14.2 Å². The zero-order chi connectivity index (χ0) is 22.1. The van der Waals surface area contributed by atoms with Crippen molar-refractivity contribution in [2.24, 2.45) is 0 Å². The number of morpholine rings is 1. The Morgan fingerprint density at radius 2 is 1.94 bits per heavy atom. The maximum absolute atomic E-state index is 13.3. The largest absolute Gasteiger partial charge is 0.493 e. The molecule has 32 heavy (non-hydrogen) atoms. The SMILES string of the molecule is C[C@@H]1C[C@@]2(COCC(=O)N2)[C@@H]2COC3CCC(CC3)c3ccccc3OCCCC(=O)N12. The first-order valence-electron chi connectivity index (χ1n) is 12.1. The Hall–Kier alpha value is -2.12. The highest BCUT2D eigenvalue weighted by molar-refractivity contribution is 5.81. The highest BCUT2D eigenvalue weighted by atomic mass is 16.5. The van der Waals surface area contributed by atoms with E-state index < -0.39 is 5.54 Å². The van der Waals surface area contributed by atoms with Crippen molar-refractivity contribution in [3.8, 4) is 5.75 Å². The quantitative estimate of drug-likeness (QED) is 0.669. The smallest absolute Gasteiger partial charge is 0.246 e. The zero-order valence-electron chi connectivity index (χ0n) is 18.9. The molecule has 1 spiro atoms. The van der Waals surface area contributed by atoms with Gasteiger partial charge in [0.1, 0.15) is 12.4 Å². The number of benzene rings is 1. The number of rotatable bonds is 0. The molecule has 4 aliphatic heterocycles. The molecule has 6 rings (SSSR count). The third kappa shape index (κ3) is 4.13. The molecule has 1 aromatic rings. The van der Waals surface area contributed by atoms with Crippen LogP contribution in [0.3, 0.4) is 0 Å². The standard InChI is InChI=1S/C25H34N2O5/c1-17-13-25(16-30-15-23(28)26-25)22-14-32-19-10-8-18(9-11-19)20-5-2-3-6-21(20)31-12-4-7-24(29)27(17)22/h2-3,5-6,17-19,22H,4,7-16H2,1H3,(H,26,28)/t17-,18?,19?,22+,25-/m1/s1. The van der Waals surface area contributed by atoms with Gasteiger partial charge in [-0.1, -0.05) is 18.2 Å². The Bertz CT molecular complexity index is 852. The summed E-state index contributed by atoms with van der Waals surface area (Å²) in [5.41, 5.74) is 0.713. The average molecular weight is 443 g/mol. The van der Waals surface area contributed by atoms with Gasteiger partial charge < -0.3 is 24.4 Å². The molecule has 5 aliphatic rings. The van der Waals surface area contributed by atoms with Crippen molar-refractivity contribution in [1.29, 1.82) is 0 Å². The molecular weight excluding hydrogens is 408 g/mol. The third-order valence-electron chi connectivity index (χ3n) is 7.69. The lowest BCUT2D eigenvalue weighted by molar-refractivity contribution is -0.144. The molecule has 1 aromatic carbocycles. The number of fused-ring (bicyclic) bond motifs is 7. The normalized spacial score (nSPS) is 36.0. The first-order chi connectivity index (χ1) is 15.6. The maximum atomic E-state index is 13.3. The van der Waals surface area contributed by atoms with E-state index in [1.165, 1.54) is 5.56 Å². The molecule has 3 atom stereocenters. The summed E-state index contributed by atoms with van der Waals surface area (Å²) in [4.78, 5) is 27.5. The van der Waals surface area contributed by atoms with Gasteiger partial charge in [-0.05, 0) is 63.0 Å². The number of hydrogen-bond donors (Lipinski definition) is 1. The fourth-order valence-electron chi connectivity index (χ4n) is 6.21. The number of ether oxygens (including phenoxy) is 3. The molecule has 0 unspecified atom stereocenters. The second-order valence-electron chi connectivity index (χ2n) is 9.86. The van der Waals surface area contributed by atoms with Crippen molar-refractivity contribution < 1.29 is 23.8 Å². The van der Waals surface area contributed by atoms with Crippen LogP contribution in [-0.2, 0) is 19.1 Å². The van der Waals surface area contributed by atoms with Crippen LogP contribution < -0.4 is 10.1 Å². The van der Waals surface area contributed by atoms with Crippen LogP contribution in [0.15, 0.2) is 24.3 Å². The van der Waals surface area contributed by atoms with Gasteiger partial charge in [-0.3, -0.25) is 9.59 Å². The van der Waals surface area contributed by atoms with Crippen LogP contribution >= 0.6 is 0 Å². The van der Waals surface area contributed by atoms with E-state index in [1.807, 2.05) is 17.0 Å². The summed E-state index contributed by atoms with van der Waals surface area (Å²) in [5, 5.41) is 3.18. The summed E-state index contributed by atoms with van der Waals surface area (Å²) in [5.74, 6) is 1.42. The molecular formula is C25H34N2O5. The second kappa shape index (κ2) is 9.02. The lowest BCUT2D eigenvalue weighted by Gasteiger charge is -2.41. The maximum Gasteiger partial charge on any atom is 0.246 e. The highest BCUT2D eigenvalue weighted by Gasteiger charge is 2.55. The van der Waals surface area contributed by atoms with Gasteiger partial charge >= 0.3 is 0 Å². The summed E-state index contributed by atoms with van der Waals surface area (Å²) < 4.78 is 18.2. The number of carbonyl (C=O) groups excluding carboxylic acids is 2. The van der Waals surface area contributed by atoms with E-state index in [2.05, 4.69) is 24.4 Å². The van der Waals surface area contributed by atoms with Crippen LogP contribution in [0.5, 0.6) is 5.75 Å². The summed E-state index contributed by atoms with van der Waals surface area (Å²) in [7, 11) is 0. The van der Waals surface area contributed by atoms with E-state index in [-0.39, 0.29) is 36.6 Å². The topological polar surface area (TPSA) is 77.1 Å². The van der Waals surface area contributed by atoms with Crippen molar-refractivity contribution >= 4 is 11.8 Å². The number of carbonyl (C=O) groups is 2. The monoisotopic (exact) mass is 442 g/mol. The lowest BCUT2D eigenvalue weighted by atomic mass is 9.82. The minimum absolute atomic E-state index is 0.0196. The molecule has 174 valence electrons. The third-order valence-corrected chi connectivity index (χ3v) is 7.69. The van der Waals surface area contributed by atoms with E-state index in [1.54, 1.807) is 0 Å². The van der Waals surface area contributed by atoms with Crippen molar-refractivity contribution in [2.45, 2.75) is 81.5 Å². The Balaban J connectivity index is 1.40.